The fourth-order valence-electron chi connectivity index (χ4n) is 1.98. The molecule has 24 heavy (non-hydrogen) atoms. The molecule has 0 fully saturated rings. The van der Waals surface area contributed by atoms with Crippen LogP contribution in [0.1, 0.15) is 72.3 Å². The molecule has 0 atom stereocenters. The van der Waals surface area contributed by atoms with E-state index in [1.165, 1.54) is 11.8 Å². The van der Waals surface area contributed by atoms with Crippen LogP contribution in [0.25, 0.3) is 0 Å². The van der Waals surface area contributed by atoms with Gasteiger partial charge in [-0.3, -0.25) is 0 Å². The van der Waals surface area contributed by atoms with Crippen LogP contribution in [0.5, 0.6) is 0 Å². The summed E-state index contributed by atoms with van der Waals surface area (Å²) < 4.78 is 2.05. The van der Waals surface area contributed by atoms with E-state index in [0.29, 0.717) is 6.42 Å². The van der Waals surface area contributed by atoms with Crippen molar-refractivity contribution in [2.45, 2.75) is 68.4 Å². The van der Waals surface area contributed by atoms with Crippen molar-refractivity contribution in [2.75, 3.05) is 0 Å². The number of ketones is 1. The third-order valence-electron chi connectivity index (χ3n) is 4.92. The van der Waals surface area contributed by atoms with Crippen molar-refractivity contribution >= 4 is 5.78 Å². The minimum absolute atomic E-state index is 0. The van der Waals surface area contributed by atoms with Crippen molar-refractivity contribution in [1.29, 1.82) is 0 Å². The number of Topliss-reactive ketones (excluding diaryl/α,β-unsaturated/α-hetero) is 1. The normalized spacial score (nSPS) is 11.6. The molecule has 1 heterocycles. The largest absolute Gasteiger partial charge is 0.440 e. The van der Waals surface area contributed by atoms with Crippen molar-refractivity contribution < 1.29 is 74.6 Å². The molecule has 0 aliphatic carbocycles. The molecular formula is C19H30NOV2Y-3. The van der Waals surface area contributed by atoms with E-state index >= 15 is 0 Å². The van der Waals surface area contributed by atoms with Gasteiger partial charge in [-0.1, -0.05) is 33.4 Å². The van der Waals surface area contributed by atoms with Crippen LogP contribution >= 0.6 is 0 Å². The molecule has 133 valence electrons. The summed E-state index contributed by atoms with van der Waals surface area (Å²) in [6, 6.07) is 4.91. The van der Waals surface area contributed by atoms with Crippen LogP contribution in [0.3, 0.4) is 0 Å². The van der Waals surface area contributed by atoms with Gasteiger partial charge in [0.2, 0.25) is 0 Å². The summed E-state index contributed by atoms with van der Waals surface area (Å²) in [5.74, 6) is 2.86. The van der Waals surface area contributed by atoms with Crippen molar-refractivity contribution in [3.63, 3.8) is 0 Å². The van der Waals surface area contributed by atoms with Crippen molar-refractivity contribution in [3.8, 4) is 0 Å². The molecule has 2 nitrogen and oxygen atoms in total. The van der Waals surface area contributed by atoms with Gasteiger partial charge in [-0.15, -0.1) is 11.6 Å². The molecule has 3 radical (unpaired) electrons. The first-order valence-corrected chi connectivity index (χ1v) is 7.68. The van der Waals surface area contributed by atoms with Gasteiger partial charge in [0.05, 0.1) is 5.78 Å². The van der Waals surface area contributed by atoms with E-state index in [1.54, 1.807) is 0 Å². The standard InChI is InChI=1S/C19H30NO.2V.Y/c1-14(2)18(5,6)12-17(21)16-10-9-11-20(16)13-19(7,8)15(3)4;;;/h10-11H,12-13H2,1-8H3;;;/q-3;;;. The molecule has 0 amide bonds. The Bertz CT molecular complexity index is 493. The SMILES string of the molecule is C[C-](C)C(C)(C)CC(=O)c1c[c-]cn1CC(C)(C)[C-](C)C.[V].[V].[Y]. The smallest absolute Gasteiger partial charge is 0.0963 e. The Morgan fingerprint density at radius 2 is 1.50 bits per heavy atom. The summed E-state index contributed by atoms with van der Waals surface area (Å²) in [6.45, 7) is 18.0. The predicted octanol–water partition coefficient (Wildman–Crippen LogP) is 5.13. The molecule has 1 aromatic heterocycles. The first kappa shape index (κ1) is 30.0. The van der Waals surface area contributed by atoms with Crippen molar-refractivity contribution in [2.24, 2.45) is 10.8 Å². The maximum absolute atomic E-state index is 12.6. The average molecular weight is 479 g/mol. The van der Waals surface area contributed by atoms with Crippen LogP contribution in [0.15, 0.2) is 12.3 Å². The van der Waals surface area contributed by atoms with E-state index < -0.39 is 0 Å². The molecule has 0 saturated carbocycles. The number of carbonyl (C=O) groups excluding carboxylic acids is 1. The Kier molecular flexibility index (Phi) is 14.8. The van der Waals surface area contributed by atoms with Gasteiger partial charge < -0.3 is 21.2 Å². The number of hydrogen-bond acceptors (Lipinski definition) is 1. The van der Waals surface area contributed by atoms with Gasteiger partial charge in [0.25, 0.3) is 0 Å². The quantitative estimate of drug-likeness (QED) is 0.393. The van der Waals surface area contributed by atoms with Gasteiger partial charge in [0.15, 0.2) is 0 Å². The van der Waals surface area contributed by atoms with Gasteiger partial charge in [0.1, 0.15) is 0 Å². The monoisotopic (exact) mass is 479 g/mol. The van der Waals surface area contributed by atoms with Crippen LogP contribution in [0, 0.1) is 28.7 Å². The van der Waals surface area contributed by atoms with Crippen molar-refractivity contribution in [1.82, 2.24) is 4.57 Å². The Labute approximate surface area is 198 Å². The summed E-state index contributed by atoms with van der Waals surface area (Å²) in [5, 5.41) is 0. The Morgan fingerprint density at radius 1 is 1.04 bits per heavy atom. The van der Waals surface area contributed by atoms with Crippen LogP contribution < -0.4 is 0 Å². The summed E-state index contributed by atoms with van der Waals surface area (Å²) in [7, 11) is 0. The summed E-state index contributed by atoms with van der Waals surface area (Å²) >= 11 is 0. The zero-order valence-corrected chi connectivity index (χ0v) is 22.0. The molecule has 1 aromatic rings. The first-order chi connectivity index (χ1) is 9.47. The molecule has 1 rings (SSSR count). The second-order valence-corrected chi connectivity index (χ2v) is 7.82. The van der Waals surface area contributed by atoms with Crippen LogP contribution in [0.2, 0.25) is 0 Å². The Morgan fingerprint density at radius 3 is 1.92 bits per heavy atom. The number of aromatic nitrogens is 1. The Hall–Kier alpha value is 1.22. The fourth-order valence-corrected chi connectivity index (χ4v) is 1.98. The van der Waals surface area contributed by atoms with Gasteiger partial charge in [0, 0.05) is 69.8 Å². The summed E-state index contributed by atoms with van der Waals surface area (Å²) in [4.78, 5) is 12.6. The molecular weight excluding hydrogens is 449 g/mol. The van der Waals surface area contributed by atoms with E-state index in [4.69, 9.17) is 0 Å². The minimum Gasteiger partial charge on any atom is -0.440 e. The molecule has 0 aromatic carbocycles. The maximum Gasteiger partial charge on any atom is 0.0963 e. The van der Waals surface area contributed by atoms with Crippen LogP contribution in [-0.4, -0.2) is 10.4 Å². The second kappa shape index (κ2) is 11.8. The third-order valence-corrected chi connectivity index (χ3v) is 4.92. The van der Waals surface area contributed by atoms with Crippen molar-refractivity contribution in [3.05, 3.63) is 35.9 Å². The molecule has 0 aliphatic heterocycles. The predicted molar refractivity (Wildman–Crippen MR) is 89.0 cm³/mol. The van der Waals surface area contributed by atoms with Crippen LogP contribution in [-0.2, 0) is 76.4 Å². The second-order valence-electron chi connectivity index (χ2n) is 7.82. The topological polar surface area (TPSA) is 22.0 Å². The van der Waals surface area contributed by atoms with E-state index in [9.17, 15) is 4.79 Å². The zero-order valence-electron chi connectivity index (χ0n) is 16.4. The van der Waals surface area contributed by atoms with Gasteiger partial charge in [-0.2, -0.15) is 33.1 Å². The van der Waals surface area contributed by atoms with Gasteiger partial charge in [-0.05, 0) is 13.0 Å². The number of rotatable bonds is 7. The molecule has 0 N–H and O–H groups in total. The molecule has 0 unspecified atom stereocenters. The summed E-state index contributed by atoms with van der Waals surface area (Å²) in [6.07, 6.45) is 2.44. The number of carbonyl (C=O) groups is 1. The van der Waals surface area contributed by atoms with Crippen LogP contribution in [0.4, 0.5) is 0 Å². The summed E-state index contributed by atoms with van der Waals surface area (Å²) in [5.41, 5.74) is 0.789. The van der Waals surface area contributed by atoms with Gasteiger partial charge in [-0.25, -0.2) is 12.1 Å². The molecule has 0 saturated heterocycles. The average Bonchev–Trinajstić information content (AvgIpc) is 2.75. The Balaban J connectivity index is -0.00000147. The molecule has 0 bridgehead atoms. The van der Waals surface area contributed by atoms with E-state index in [1.807, 2.05) is 12.3 Å². The number of hydrogen-bond donors (Lipinski definition) is 0. The first-order valence-electron chi connectivity index (χ1n) is 7.68. The fraction of sp³-hybridized carbons (Fsp3) is 0.632. The molecule has 0 spiro atoms. The third kappa shape index (κ3) is 8.28. The van der Waals surface area contributed by atoms with E-state index in [0.717, 1.165) is 12.2 Å². The molecule has 0 aliphatic rings. The van der Waals surface area contributed by atoms with Gasteiger partial charge >= 0.3 is 0 Å². The van der Waals surface area contributed by atoms with E-state index in [-0.39, 0.29) is 86.4 Å². The zero-order chi connectivity index (χ0) is 16.4. The number of nitrogens with zero attached hydrogens (tertiary/aromatic N) is 1. The maximum atomic E-state index is 12.6. The minimum atomic E-state index is -0.0610. The van der Waals surface area contributed by atoms with E-state index in [2.05, 4.69) is 66.0 Å². The molecule has 5 heteroatoms.